The molecule has 0 saturated carbocycles. The van der Waals surface area contributed by atoms with Crippen LogP contribution in [0.15, 0.2) is 80.8 Å². The van der Waals surface area contributed by atoms with Crippen LogP contribution in [-0.2, 0) is 0 Å². The lowest BCUT2D eigenvalue weighted by atomic mass is 9.82. The Morgan fingerprint density at radius 3 is 1.51 bits per heavy atom. The predicted octanol–water partition coefficient (Wildman–Crippen LogP) is 5.92. The molecule has 5 aromatic rings. The van der Waals surface area contributed by atoms with E-state index in [1.807, 2.05) is 87.5 Å². The normalized spacial score (nSPS) is 11.3. The van der Waals surface area contributed by atoms with E-state index in [1.165, 1.54) is 0 Å². The van der Waals surface area contributed by atoms with Crippen LogP contribution in [0.2, 0.25) is 0 Å². The number of aryl methyl sites for hydroxylation is 3. The Hall–Kier alpha value is -3.84. The highest BCUT2D eigenvalue weighted by molar-refractivity contribution is 9.10. The Morgan fingerprint density at radius 2 is 1.09 bits per heavy atom. The number of nitrogens with one attached hydrogen (secondary N) is 4. The Bertz CT molecular complexity index is 1520. The maximum atomic E-state index is 13.3. The molecule has 0 bridgehead atoms. The van der Waals surface area contributed by atoms with Crippen molar-refractivity contribution in [1.82, 2.24) is 20.4 Å². The third-order valence-electron chi connectivity index (χ3n) is 6.42. The maximum absolute atomic E-state index is 13.3. The van der Waals surface area contributed by atoms with E-state index in [-0.39, 0.29) is 11.1 Å². The van der Waals surface area contributed by atoms with Crippen molar-refractivity contribution in [2.45, 2.75) is 26.7 Å². The molecule has 0 saturated heterocycles. The second-order valence-electron chi connectivity index (χ2n) is 8.91. The minimum absolute atomic E-state index is 0.266. The molecule has 3 aromatic carbocycles. The van der Waals surface area contributed by atoms with Crippen LogP contribution in [0.3, 0.4) is 0 Å². The lowest BCUT2D eigenvalue weighted by Gasteiger charge is -2.19. The second-order valence-corrected chi connectivity index (χ2v) is 9.76. The molecule has 2 heterocycles. The first-order chi connectivity index (χ1) is 16.8. The lowest BCUT2D eigenvalue weighted by Crippen LogP contribution is -2.20. The molecule has 0 atom stereocenters. The average molecular weight is 529 g/mol. The minimum atomic E-state index is -0.621. The Balaban J connectivity index is 1.81. The SMILES string of the molecule is Cc1ccc(-c2[nH][nH]c(=O)c2C(c2ccc(C)c(Br)c2)c2c(-c3ccc(C)cc3)[nH][nH]c2=O)cc1. The van der Waals surface area contributed by atoms with Crippen molar-refractivity contribution in [3.63, 3.8) is 0 Å². The fourth-order valence-corrected chi connectivity index (χ4v) is 4.84. The van der Waals surface area contributed by atoms with Crippen LogP contribution in [0, 0.1) is 20.8 Å². The van der Waals surface area contributed by atoms with Gasteiger partial charge in [0.25, 0.3) is 11.1 Å². The zero-order valence-corrected chi connectivity index (χ0v) is 21.2. The number of aromatic nitrogens is 4. The number of rotatable bonds is 5. The highest BCUT2D eigenvalue weighted by Gasteiger charge is 2.31. The predicted molar refractivity (Wildman–Crippen MR) is 143 cm³/mol. The third kappa shape index (κ3) is 4.23. The number of hydrogen-bond donors (Lipinski definition) is 4. The summed E-state index contributed by atoms with van der Waals surface area (Å²) in [7, 11) is 0. The molecule has 35 heavy (non-hydrogen) atoms. The van der Waals surface area contributed by atoms with Gasteiger partial charge in [0, 0.05) is 10.4 Å². The summed E-state index contributed by atoms with van der Waals surface area (Å²) in [6.07, 6.45) is 0. The number of halogens is 1. The van der Waals surface area contributed by atoms with E-state index >= 15 is 0 Å². The van der Waals surface area contributed by atoms with Crippen LogP contribution < -0.4 is 11.1 Å². The molecule has 5 rings (SSSR count). The van der Waals surface area contributed by atoms with Gasteiger partial charge in [-0.25, -0.2) is 0 Å². The third-order valence-corrected chi connectivity index (χ3v) is 7.27. The minimum Gasteiger partial charge on any atom is -0.297 e. The van der Waals surface area contributed by atoms with Crippen molar-refractivity contribution in [1.29, 1.82) is 0 Å². The van der Waals surface area contributed by atoms with E-state index in [1.54, 1.807) is 0 Å². The maximum Gasteiger partial charge on any atom is 0.268 e. The van der Waals surface area contributed by atoms with Crippen LogP contribution in [0.25, 0.3) is 22.5 Å². The number of aromatic amines is 4. The van der Waals surface area contributed by atoms with Crippen LogP contribution in [0.4, 0.5) is 0 Å². The van der Waals surface area contributed by atoms with Gasteiger partial charge >= 0.3 is 0 Å². The van der Waals surface area contributed by atoms with Gasteiger partial charge in [-0.05, 0) is 49.1 Å². The zero-order valence-electron chi connectivity index (χ0n) is 19.6. The van der Waals surface area contributed by atoms with Gasteiger partial charge in [0.05, 0.1) is 22.5 Å². The van der Waals surface area contributed by atoms with Crippen molar-refractivity contribution < 1.29 is 0 Å². The van der Waals surface area contributed by atoms with E-state index in [0.717, 1.165) is 37.9 Å². The van der Waals surface area contributed by atoms with E-state index in [9.17, 15) is 9.59 Å². The number of hydrogen-bond acceptors (Lipinski definition) is 2. The monoisotopic (exact) mass is 528 g/mol. The molecule has 0 fully saturated rings. The Kier molecular flexibility index (Phi) is 5.94. The van der Waals surface area contributed by atoms with Gasteiger partial charge in [-0.15, -0.1) is 0 Å². The van der Waals surface area contributed by atoms with E-state index in [4.69, 9.17) is 0 Å². The first-order valence-electron chi connectivity index (χ1n) is 11.3. The van der Waals surface area contributed by atoms with Gasteiger partial charge in [0.2, 0.25) is 0 Å². The van der Waals surface area contributed by atoms with Gasteiger partial charge in [-0.3, -0.25) is 30.0 Å². The topological polar surface area (TPSA) is 97.3 Å². The standard InChI is InChI=1S/C28H25BrN4O2/c1-15-4-9-18(10-5-15)25-23(27(34)32-30-25)22(20-13-8-17(3)21(29)14-20)24-26(31-33-28(24)35)19-11-6-16(2)7-12-19/h4-14,22H,1-3H3,(H2,30,32,34)(H2,31,33,35). The largest absolute Gasteiger partial charge is 0.297 e. The fraction of sp³-hybridized carbons (Fsp3) is 0.143. The molecule has 0 aliphatic rings. The molecule has 0 radical (unpaired) electrons. The highest BCUT2D eigenvalue weighted by atomic mass is 79.9. The highest BCUT2D eigenvalue weighted by Crippen LogP contribution is 2.38. The first kappa shape index (κ1) is 22.9. The van der Waals surface area contributed by atoms with E-state index in [0.29, 0.717) is 22.5 Å². The summed E-state index contributed by atoms with van der Waals surface area (Å²) >= 11 is 3.63. The molecule has 6 nitrogen and oxygen atoms in total. The molecule has 0 amide bonds. The summed E-state index contributed by atoms with van der Waals surface area (Å²) in [5.74, 6) is -0.621. The summed E-state index contributed by atoms with van der Waals surface area (Å²) in [5.41, 5.74) is 7.64. The van der Waals surface area contributed by atoms with Crippen molar-refractivity contribution >= 4 is 15.9 Å². The summed E-state index contributed by atoms with van der Waals surface area (Å²) in [6, 6.07) is 21.9. The van der Waals surface area contributed by atoms with E-state index in [2.05, 4.69) is 36.3 Å². The summed E-state index contributed by atoms with van der Waals surface area (Å²) < 4.78 is 0.910. The quantitative estimate of drug-likeness (QED) is 0.227. The summed E-state index contributed by atoms with van der Waals surface area (Å²) in [5, 5.41) is 11.6. The van der Waals surface area contributed by atoms with Gasteiger partial charge in [0.1, 0.15) is 0 Å². The van der Waals surface area contributed by atoms with Gasteiger partial charge in [0.15, 0.2) is 0 Å². The lowest BCUT2D eigenvalue weighted by molar-refractivity contribution is 0.952. The van der Waals surface area contributed by atoms with E-state index < -0.39 is 5.92 Å². The average Bonchev–Trinajstić information content (AvgIpc) is 3.41. The van der Waals surface area contributed by atoms with Crippen LogP contribution in [0.5, 0.6) is 0 Å². The molecule has 7 heteroatoms. The van der Waals surface area contributed by atoms with Crippen molar-refractivity contribution in [3.8, 4) is 22.5 Å². The van der Waals surface area contributed by atoms with Crippen molar-refractivity contribution in [2.75, 3.05) is 0 Å². The smallest absolute Gasteiger partial charge is 0.268 e. The number of H-pyrrole nitrogens is 4. The van der Waals surface area contributed by atoms with Crippen LogP contribution in [0.1, 0.15) is 39.3 Å². The molecular weight excluding hydrogens is 504 g/mol. The van der Waals surface area contributed by atoms with Crippen LogP contribution in [-0.4, -0.2) is 20.4 Å². The van der Waals surface area contributed by atoms with Gasteiger partial charge in [-0.2, -0.15) is 0 Å². The zero-order chi connectivity index (χ0) is 24.7. The molecule has 0 unspecified atom stereocenters. The molecule has 0 aliphatic heterocycles. The van der Waals surface area contributed by atoms with Gasteiger partial charge < -0.3 is 0 Å². The first-order valence-corrected chi connectivity index (χ1v) is 12.1. The number of benzene rings is 3. The molecule has 2 aromatic heterocycles. The fourth-order valence-electron chi connectivity index (χ4n) is 4.45. The van der Waals surface area contributed by atoms with Crippen molar-refractivity contribution in [3.05, 3.63) is 125 Å². The summed E-state index contributed by atoms with van der Waals surface area (Å²) in [4.78, 5) is 26.6. The Morgan fingerprint density at radius 1 is 0.629 bits per heavy atom. The van der Waals surface area contributed by atoms with Crippen molar-refractivity contribution in [2.24, 2.45) is 0 Å². The summed E-state index contributed by atoms with van der Waals surface area (Å²) in [6.45, 7) is 6.04. The second kappa shape index (κ2) is 9.07. The van der Waals surface area contributed by atoms with Gasteiger partial charge in [-0.1, -0.05) is 87.7 Å². The molecule has 4 N–H and O–H groups in total. The Labute approximate surface area is 210 Å². The van der Waals surface area contributed by atoms with Crippen LogP contribution >= 0.6 is 15.9 Å². The molecular formula is C28H25BrN4O2. The molecule has 176 valence electrons. The molecule has 0 aliphatic carbocycles. The molecule has 0 spiro atoms.